The lowest BCUT2D eigenvalue weighted by atomic mass is 10.1. The van der Waals surface area contributed by atoms with Crippen molar-refractivity contribution in [3.8, 4) is 0 Å². The molecule has 0 spiro atoms. The number of amides is 1. The molecule has 1 aromatic rings. The molecule has 5 nitrogen and oxygen atoms in total. The van der Waals surface area contributed by atoms with Crippen molar-refractivity contribution in [3.05, 3.63) is 27.7 Å². The molecule has 0 aliphatic rings. The van der Waals surface area contributed by atoms with E-state index in [-0.39, 0.29) is 26.5 Å². The van der Waals surface area contributed by atoms with Crippen LogP contribution in [0.2, 0.25) is 10.0 Å². The summed E-state index contributed by atoms with van der Waals surface area (Å²) in [6.07, 6.45) is 1.48. The van der Waals surface area contributed by atoms with Gasteiger partial charge >= 0.3 is 0 Å². The Morgan fingerprint density at radius 2 is 1.85 bits per heavy atom. The Morgan fingerprint density at radius 3 is 2.30 bits per heavy atom. The highest BCUT2D eigenvalue weighted by Crippen LogP contribution is 2.30. The van der Waals surface area contributed by atoms with Crippen LogP contribution in [0.3, 0.4) is 0 Å². The van der Waals surface area contributed by atoms with Gasteiger partial charge in [-0.15, -0.1) is 0 Å². The van der Waals surface area contributed by atoms with Crippen LogP contribution in [-0.4, -0.2) is 20.4 Å². The largest absolute Gasteiger partial charge is 0.349 e. The van der Waals surface area contributed by atoms with E-state index in [0.29, 0.717) is 0 Å². The maximum absolute atomic E-state index is 12.2. The van der Waals surface area contributed by atoms with E-state index in [9.17, 15) is 13.2 Å². The molecule has 0 bridgehead atoms. The average Bonchev–Trinajstić information content (AvgIpc) is 2.34. The first kappa shape index (κ1) is 17.2. The zero-order chi connectivity index (χ0) is 15.5. The topological polar surface area (TPSA) is 89.3 Å². The summed E-state index contributed by atoms with van der Waals surface area (Å²) in [7, 11) is -4.02. The zero-order valence-electron chi connectivity index (χ0n) is 11.1. The normalized spacial score (nSPS) is 11.7. The number of sulfonamides is 1. The fourth-order valence-corrected chi connectivity index (χ4v) is 3.19. The number of benzene rings is 1. The molecule has 0 aromatic heterocycles. The fraction of sp³-hybridized carbons (Fsp3) is 0.417. The minimum atomic E-state index is -4.02. The van der Waals surface area contributed by atoms with Crippen molar-refractivity contribution in [3.63, 3.8) is 0 Å². The van der Waals surface area contributed by atoms with Gasteiger partial charge in [0.25, 0.3) is 5.91 Å². The lowest BCUT2D eigenvalue weighted by molar-refractivity contribution is 0.0935. The van der Waals surface area contributed by atoms with Gasteiger partial charge in [0, 0.05) is 6.04 Å². The maximum Gasteiger partial charge on any atom is 0.254 e. The first-order valence-corrected chi connectivity index (χ1v) is 8.34. The summed E-state index contributed by atoms with van der Waals surface area (Å²) in [6.45, 7) is 3.86. The molecule has 0 saturated heterocycles. The van der Waals surface area contributed by atoms with Gasteiger partial charge in [0.05, 0.1) is 15.6 Å². The summed E-state index contributed by atoms with van der Waals surface area (Å²) in [5.74, 6) is -0.515. The Balaban J connectivity index is 3.28. The van der Waals surface area contributed by atoms with Crippen LogP contribution >= 0.6 is 23.2 Å². The molecule has 0 radical (unpaired) electrons. The first-order chi connectivity index (χ1) is 9.22. The Bertz CT molecular complexity index is 613. The standard InChI is InChI=1S/C12H16Cl2N2O3S/c1-3-7(4-2)16-12(17)10-8(13)5-6-9(11(10)14)20(15,18)19/h5-7H,3-4H2,1-2H3,(H,16,17)(H2,15,18,19). The molecule has 0 saturated carbocycles. The SMILES string of the molecule is CCC(CC)NC(=O)c1c(Cl)ccc(S(N)(=O)=O)c1Cl. The number of hydrogen-bond donors (Lipinski definition) is 2. The summed E-state index contributed by atoms with van der Waals surface area (Å²) < 4.78 is 22.8. The Morgan fingerprint density at radius 1 is 1.30 bits per heavy atom. The fourth-order valence-electron chi connectivity index (χ4n) is 1.71. The zero-order valence-corrected chi connectivity index (χ0v) is 13.4. The molecule has 112 valence electrons. The molecule has 1 rings (SSSR count). The second-order valence-electron chi connectivity index (χ2n) is 4.27. The number of halogens is 2. The van der Waals surface area contributed by atoms with E-state index in [1.807, 2.05) is 13.8 Å². The van der Waals surface area contributed by atoms with Crippen LogP contribution in [0.5, 0.6) is 0 Å². The third-order valence-electron chi connectivity index (χ3n) is 2.91. The summed E-state index contributed by atoms with van der Waals surface area (Å²) in [5.41, 5.74) is -0.0771. The van der Waals surface area contributed by atoms with Crippen LogP contribution in [-0.2, 0) is 10.0 Å². The first-order valence-electron chi connectivity index (χ1n) is 6.04. The predicted molar refractivity (Wildman–Crippen MR) is 79.7 cm³/mol. The number of rotatable bonds is 5. The van der Waals surface area contributed by atoms with Crippen molar-refractivity contribution in [1.82, 2.24) is 5.32 Å². The molecule has 8 heteroatoms. The highest BCUT2D eigenvalue weighted by atomic mass is 35.5. The van der Waals surface area contributed by atoms with Crippen molar-refractivity contribution in [2.75, 3.05) is 0 Å². The van der Waals surface area contributed by atoms with E-state index in [0.717, 1.165) is 12.8 Å². The van der Waals surface area contributed by atoms with Crippen LogP contribution in [0, 0.1) is 0 Å². The molecule has 0 aliphatic carbocycles. The Kier molecular flexibility index (Phi) is 5.82. The number of carbonyl (C=O) groups is 1. The maximum atomic E-state index is 12.2. The van der Waals surface area contributed by atoms with Gasteiger partial charge in [-0.1, -0.05) is 37.0 Å². The molecule has 0 heterocycles. The van der Waals surface area contributed by atoms with Gasteiger partial charge < -0.3 is 5.32 Å². The molecule has 20 heavy (non-hydrogen) atoms. The molecule has 0 fully saturated rings. The lowest BCUT2D eigenvalue weighted by Gasteiger charge is -2.16. The molecule has 1 aromatic carbocycles. The number of nitrogens with two attached hydrogens (primary N) is 1. The second-order valence-corrected chi connectivity index (χ2v) is 6.58. The average molecular weight is 339 g/mol. The van der Waals surface area contributed by atoms with Crippen LogP contribution in [0.25, 0.3) is 0 Å². The van der Waals surface area contributed by atoms with Crippen molar-refractivity contribution in [1.29, 1.82) is 0 Å². The minimum Gasteiger partial charge on any atom is -0.349 e. The van der Waals surface area contributed by atoms with E-state index in [4.69, 9.17) is 28.3 Å². The molecular formula is C12H16Cl2N2O3S. The van der Waals surface area contributed by atoms with Gasteiger partial charge in [-0.05, 0) is 25.0 Å². The van der Waals surface area contributed by atoms with Crippen LogP contribution in [0.1, 0.15) is 37.0 Å². The van der Waals surface area contributed by atoms with Gasteiger partial charge in [-0.2, -0.15) is 0 Å². The van der Waals surface area contributed by atoms with Crippen molar-refractivity contribution in [2.45, 2.75) is 37.6 Å². The highest BCUT2D eigenvalue weighted by Gasteiger charge is 2.23. The van der Waals surface area contributed by atoms with Crippen molar-refractivity contribution >= 4 is 39.1 Å². The van der Waals surface area contributed by atoms with Gasteiger partial charge in [-0.3, -0.25) is 4.79 Å². The van der Waals surface area contributed by atoms with Crippen molar-refractivity contribution in [2.24, 2.45) is 5.14 Å². The van der Waals surface area contributed by atoms with Crippen LogP contribution in [0.4, 0.5) is 0 Å². The molecule has 1 amide bonds. The third kappa shape index (κ3) is 3.85. The second kappa shape index (κ2) is 6.76. The molecule has 0 unspecified atom stereocenters. The molecule has 0 atom stereocenters. The van der Waals surface area contributed by atoms with Gasteiger partial charge in [-0.25, -0.2) is 13.6 Å². The van der Waals surface area contributed by atoms with E-state index in [1.54, 1.807) is 0 Å². The highest BCUT2D eigenvalue weighted by molar-refractivity contribution is 7.89. The lowest BCUT2D eigenvalue weighted by Crippen LogP contribution is -2.34. The van der Waals surface area contributed by atoms with Crippen molar-refractivity contribution < 1.29 is 13.2 Å². The number of primary sulfonamides is 1. The van der Waals surface area contributed by atoms with Gasteiger partial charge in [0.2, 0.25) is 10.0 Å². The predicted octanol–water partition coefficient (Wildman–Crippen LogP) is 2.56. The number of nitrogens with one attached hydrogen (secondary N) is 1. The number of hydrogen-bond acceptors (Lipinski definition) is 3. The smallest absolute Gasteiger partial charge is 0.254 e. The Hall–Kier alpha value is -0.820. The van der Waals surface area contributed by atoms with Gasteiger partial charge in [0.15, 0.2) is 0 Å². The minimum absolute atomic E-state index is 0.0345. The third-order valence-corrected chi connectivity index (χ3v) is 4.68. The van der Waals surface area contributed by atoms with E-state index < -0.39 is 15.9 Å². The summed E-state index contributed by atoms with van der Waals surface area (Å²) >= 11 is 11.9. The number of carbonyl (C=O) groups excluding carboxylic acids is 1. The molecule has 0 aliphatic heterocycles. The van der Waals surface area contributed by atoms with E-state index in [1.165, 1.54) is 12.1 Å². The van der Waals surface area contributed by atoms with Crippen LogP contribution in [0.15, 0.2) is 17.0 Å². The summed E-state index contributed by atoms with van der Waals surface area (Å²) in [4.78, 5) is 11.9. The monoisotopic (exact) mass is 338 g/mol. The summed E-state index contributed by atoms with van der Waals surface area (Å²) in [5, 5.41) is 7.61. The van der Waals surface area contributed by atoms with E-state index in [2.05, 4.69) is 5.32 Å². The quantitative estimate of drug-likeness (QED) is 0.864. The Labute approximate surface area is 128 Å². The molecule has 3 N–H and O–H groups in total. The van der Waals surface area contributed by atoms with E-state index >= 15 is 0 Å². The van der Waals surface area contributed by atoms with Crippen LogP contribution < -0.4 is 10.5 Å². The summed E-state index contributed by atoms with van der Waals surface area (Å²) in [6, 6.07) is 2.43. The molecular weight excluding hydrogens is 323 g/mol. The van der Waals surface area contributed by atoms with Gasteiger partial charge in [0.1, 0.15) is 4.90 Å².